The predicted molar refractivity (Wildman–Crippen MR) is 87.3 cm³/mol. The monoisotopic (exact) mass is 286 g/mol. The van der Waals surface area contributed by atoms with E-state index in [1.54, 1.807) is 0 Å². The summed E-state index contributed by atoms with van der Waals surface area (Å²) in [6, 6.07) is 15.4. The molecule has 2 aromatic carbocycles. The van der Waals surface area contributed by atoms with E-state index in [0.717, 1.165) is 18.8 Å². The van der Waals surface area contributed by atoms with Crippen LogP contribution in [0.15, 0.2) is 48.5 Å². The Morgan fingerprint density at radius 1 is 1.10 bits per heavy atom. The highest BCUT2D eigenvalue weighted by atomic mass is 19.1. The van der Waals surface area contributed by atoms with Crippen LogP contribution in [0.3, 0.4) is 0 Å². The fourth-order valence-corrected chi connectivity index (χ4v) is 2.61. The van der Waals surface area contributed by atoms with E-state index in [4.69, 9.17) is 0 Å². The van der Waals surface area contributed by atoms with Crippen LogP contribution in [-0.4, -0.2) is 20.1 Å². The number of anilines is 1. The van der Waals surface area contributed by atoms with Crippen molar-refractivity contribution in [3.8, 4) is 0 Å². The second-order valence-electron chi connectivity index (χ2n) is 5.21. The van der Waals surface area contributed by atoms with Gasteiger partial charge in [-0.25, -0.2) is 4.39 Å². The minimum Gasteiger partial charge on any atom is -0.370 e. The molecule has 0 bridgehead atoms. The molecule has 0 aromatic heterocycles. The quantitative estimate of drug-likeness (QED) is 0.866. The van der Waals surface area contributed by atoms with Crippen molar-refractivity contribution in [2.75, 3.05) is 25.0 Å². The van der Waals surface area contributed by atoms with Crippen LogP contribution in [0, 0.1) is 12.7 Å². The molecule has 1 atom stereocenters. The zero-order chi connectivity index (χ0) is 15.2. The molecule has 0 spiro atoms. The maximum absolute atomic E-state index is 13.1. The van der Waals surface area contributed by atoms with Gasteiger partial charge in [-0.2, -0.15) is 0 Å². The summed E-state index contributed by atoms with van der Waals surface area (Å²) in [5, 5.41) is 3.39. The fourth-order valence-electron chi connectivity index (χ4n) is 2.61. The summed E-state index contributed by atoms with van der Waals surface area (Å²) in [5.41, 5.74) is 3.64. The van der Waals surface area contributed by atoms with Crippen molar-refractivity contribution in [3.05, 3.63) is 65.5 Å². The lowest BCUT2D eigenvalue weighted by atomic mass is 10.0. The third-order valence-electron chi connectivity index (χ3n) is 3.89. The first-order chi connectivity index (χ1) is 10.2. The van der Waals surface area contributed by atoms with Gasteiger partial charge in [0.15, 0.2) is 0 Å². The van der Waals surface area contributed by atoms with E-state index in [0.29, 0.717) is 0 Å². The van der Waals surface area contributed by atoms with Gasteiger partial charge >= 0.3 is 0 Å². The van der Waals surface area contributed by atoms with E-state index in [9.17, 15) is 4.39 Å². The van der Waals surface area contributed by atoms with Gasteiger partial charge in [-0.05, 0) is 56.3 Å². The van der Waals surface area contributed by atoms with Crippen molar-refractivity contribution in [2.24, 2.45) is 0 Å². The van der Waals surface area contributed by atoms with Crippen molar-refractivity contribution < 1.29 is 4.39 Å². The number of hydrogen-bond acceptors (Lipinski definition) is 2. The maximum atomic E-state index is 13.1. The summed E-state index contributed by atoms with van der Waals surface area (Å²) in [7, 11) is 1.98. The Morgan fingerprint density at radius 2 is 1.76 bits per heavy atom. The highest BCUT2D eigenvalue weighted by Crippen LogP contribution is 2.22. The molecule has 1 unspecified atom stereocenters. The number of aryl methyl sites for hydroxylation is 1. The van der Waals surface area contributed by atoms with Gasteiger partial charge in [0.05, 0.1) is 0 Å². The van der Waals surface area contributed by atoms with Crippen molar-refractivity contribution in [1.29, 1.82) is 0 Å². The van der Waals surface area contributed by atoms with Gasteiger partial charge in [0, 0.05) is 24.8 Å². The first-order valence-corrected chi connectivity index (χ1v) is 7.39. The number of nitrogens with zero attached hydrogens (tertiary/aromatic N) is 1. The number of halogens is 1. The lowest BCUT2D eigenvalue weighted by molar-refractivity contribution is 0.574. The molecule has 112 valence electrons. The first-order valence-electron chi connectivity index (χ1n) is 7.39. The molecule has 0 amide bonds. The second kappa shape index (κ2) is 7.23. The van der Waals surface area contributed by atoms with Crippen molar-refractivity contribution in [1.82, 2.24) is 5.32 Å². The highest BCUT2D eigenvalue weighted by molar-refractivity contribution is 5.47. The SMILES string of the molecule is CCN(CC(NC)c1ccccc1C)c1ccc(F)cc1. The van der Waals surface area contributed by atoms with Gasteiger partial charge in [-0.3, -0.25) is 0 Å². The van der Waals surface area contributed by atoms with E-state index < -0.39 is 0 Å². The Bertz CT molecular complexity index is 566. The van der Waals surface area contributed by atoms with Gasteiger partial charge in [0.25, 0.3) is 0 Å². The lowest BCUT2D eigenvalue weighted by Crippen LogP contribution is -2.34. The average Bonchev–Trinajstić information content (AvgIpc) is 2.51. The van der Waals surface area contributed by atoms with Gasteiger partial charge < -0.3 is 10.2 Å². The molecule has 2 aromatic rings. The minimum absolute atomic E-state index is 0.195. The molecule has 0 radical (unpaired) electrons. The topological polar surface area (TPSA) is 15.3 Å². The average molecular weight is 286 g/mol. The van der Waals surface area contributed by atoms with E-state index >= 15 is 0 Å². The molecular formula is C18H23FN2. The molecule has 0 saturated heterocycles. The summed E-state index contributed by atoms with van der Waals surface area (Å²) in [5.74, 6) is -0.195. The van der Waals surface area contributed by atoms with Crippen molar-refractivity contribution in [2.45, 2.75) is 19.9 Å². The zero-order valence-electron chi connectivity index (χ0n) is 12.9. The molecule has 1 N–H and O–H groups in total. The Morgan fingerprint density at radius 3 is 2.33 bits per heavy atom. The normalized spacial score (nSPS) is 12.2. The number of hydrogen-bond donors (Lipinski definition) is 1. The van der Waals surface area contributed by atoms with E-state index in [2.05, 4.69) is 48.3 Å². The fraction of sp³-hybridized carbons (Fsp3) is 0.333. The van der Waals surface area contributed by atoms with Crippen LogP contribution in [0.1, 0.15) is 24.1 Å². The van der Waals surface area contributed by atoms with Crippen LogP contribution >= 0.6 is 0 Å². The van der Waals surface area contributed by atoms with Crippen LogP contribution in [0.5, 0.6) is 0 Å². The van der Waals surface area contributed by atoms with Gasteiger partial charge in [0.1, 0.15) is 5.82 Å². The molecule has 3 heteroatoms. The van der Waals surface area contributed by atoms with Crippen molar-refractivity contribution >= 4 is 5.69 Å². The van der Waals surface area contributed by atoms with Crippen LogP contribution < -0.4 is 10.2 Å². The molecule has 2 nitrogen and oxygen atoms in total. The second-order valence-corrected chi connectivity index (χ2v) is 5.21. The molecule has 0 heterocycles. The van der Waals surface area contributed by atoms with E-state index in [-0.39, 0.29) is 11.9 Å². The number of nitrogens with one attached hydrogen (secondary N) is 1. The van der Waals surface area contributed by atoms with E-state index in [1.807, 2.05) is 19.2 Å². The van der Waals surface area contributed by atoms with Crippen molar-refractivity contribution in [3.63, 3.8) is 0 Å². The third kappa shape index (κ3) is 3.82. The summed E-state index contributed by atoms with van der Waals surface area (Å²) in [6.45, 7) is 5.99. The largest absolute Gasteiger partial charge is 0.370 e. The van der Waals surface area contributed by atoms with Gasteiger partial charge in [-0.15, -0.1) is 0 Å². The third-order valence-corrected chi connectivity index (χ3v) is 3.89. The van der Waals surface area contributed by atoms with Crippen LogP contribution in [0.4, 0.5) is 10.1 Å². The summed E-state index contributed by atoms with van der Waals surface area (Å²) >= 11 is 0. The predicted octanol–water partition coefficient (Wildman–Crippen LogP) is 3.92. The Labute approximate surface area is 126 Å². The molecular weight excluding hydrogens is 263 g/mol. The molecule has 0 aliphatic heterocycles. The smallest absolute Gasteiger partial charge is 0.123 e. The minimum atomic E-state index is -0.195. The van der Waals surface area contributed by atoms with E-state index in [1.165, 1.54) is 23.3 Å². The molecule has 2 rings (SSSR count). The summed E-state index contributed by atoms with van der Waals surface area (Å²) in [4.78, 5) is 2.26. The van der Waals surface area contributed by atoms with Gasteiger partial charge in [-0.1, -0.05) is 24.3 Å². The van der Waals surface area contributed by atoms with Crippen LogP contribution in [-0.2, 0) is 0 Å². The standard InChI is InChI=1S/C18H23FN2/c1-4-21(16-11-9-15(19)10-12-16)13-18(20-3)17-8-6-5-7-14(17)2/h5-12,18,20H,4,13H2,1-3H3. The molecule has 0 aliphatic rings. The lowest BCUT2D eigenvalue weighted by Gasteiger charge is -2.29. The molecule has 0 saturated carbocycles. The van der Waals surface area contributed by atoms with Crippen LogP contribution in [0.25, 0.3) is 0 Å². The Balaban J connectivity index is 2.19. The number of likely N-dealkylation sites (N-methyl/N-ethyl adjacent to an activating group) is 2. The first kappa shape index (κ1) is 15.5. The Kier molecular flexibility index (Phi) is 5.34. The summed E-state index contributed by atoms with van der Waals surface area (Å²) in [6.07, 6.45) is 0. The summed E-state index contributed by atoms with van der Waals surface area (Å²) < 4.78 is 13.1. The number of rotatable bonds is 6. The highest BCUT2D eigenvalue weighted by Gasteiger charge is 2.15. The van der Waals surface area contributed by atoms with Crippen LogP contribution in [0.2, 0.25) is 0 Å². The Hall–Kier alpha value is -1.87. The molecule has 0 aliphatic carbocycles. The molecule has 0 fully saturated rings. The van der Waals surface area contributed by atoms with Gasteiger partial charge in [0.2, 0.25) is 0 Å². The molecule has 21 heavy (non-hydrogen) atoms. The maximum Gasteiger partial charge on any atom is 0.123 e. The number of benzene rings is 2. The zero-order valence-corrected chi connectivity index (χ0v) is 12.9.